The van der Waals surface area contributed by atoms with Crippen LogP contribution in [-0.2, 0) is 0 Å². The molecule has 5 nitrogen and oxygen atoms in total. The molecule has 0 unspecified atom stereocenters. The van der Waals surface area contributed by atoms with E-state index in [1.807, 2.05) is 30.3 Å². The van der Waals surface area contributed by atoms with Gasteiger partial charge >= 0.3 is 6.09 Å². The van der Waals surface area contributed by atoms with Crippen molar-refractivity contribution in [1.82, 2.24) is 4.90 Å². The van der Waals surface area contributed by atoms with Crippen molar-refractivity contribution < 1.29 is 14.6 Å². The Morgan fingerprint density at radius 1 is 1.32 bits per heavy atom. The summed E-state index contributed by atoms with van der Waals surface area (Å²) < 4.78 is 6.87. The van der Waals surface area contributed by atoms with Crippen molar-refractivity contribution >= 4 is 34.4 Å². The molecule has 2 rings (SSSR count). The van der Waals surface area contributed by atoms with Crippen molar-refractivity contribution in [3.63, 3.8) is 0 Å². The van der Waals surface area contributed by atoms with Gasteiger partial charge in [0.1, 0.15) is 17.9 Å². The van der Waals surface area contributed by atoms with Gasteiger partial charge in [-0.25, -0.2) is 4.79 Å². The molecule has 0 aliphatic heterocycles. The summed E-state index contributed by atoms with van der Waals surface area (Å²) in [4.78, 5) is 12.2. The van der Waals surface area contributed by atoms with E-state index in [4.69, 9.17) is 9.84 Å². The molecule has 0 fully saturated rings. The topological polar surface area (TPSA) is 73.6 Å². The molecule has 0 aliphatic carbocycles. The number of nitriles is 1. The Morgan fingerprint density at radius 2 is 2.00 bits per heavy atom. The average molecular weight is 426 g/mol. The minimum absolute atomic E-state index is 0. The van der Waals surface area contributed by atoms with E-state index in [-0.39, 0.29) is 18.5 Å². The van der Waals surface area contributed by atoms with E-state index in [9.17, 15) is 10.1 Å². The highest BCUT2D eigenvalue weighted by Gasteiger charge is 2.18. The molecule has 0 radical (unpaired) electrons. The molecule has 0 aromatic heterocycles. The van der Waals surface area contributed by atoms with Crippen LogP contribution < -0.4 is 4.74 Å². The van der Waals surface area contributed by atoms with E-state index in [0.717, 1.165) is 10.0 Å². The zero-order valence-corrected chi connectivity index (χ0v) is 16.0. The van der Waals surface area contributed by atoms with Gasteiger partial charge in [-0.1, -0.05) is 46.3 Å². The fourth-order valence-electron chi connectivity index (χ4n) is 2.21. The van der Waals surface area contributed by atoms with Crippen LogP contribution in [0.2, 0.25) is 0 Å². The van der Waals surface area contributed by atoms with Crippen molar-refractivity contribution in [2.75, 3.05) is 13.6 Å². The summed E-state index contributed by atoms with van der Waals surface area (Å²) in [6.07, 6.45) is -0.860. The van der Waals surface area contributed by atoms with Crippen LogP contribution in [0.4, 0.5) is 4.79 Å². The van der Waals surface area contributed by atoms with Crippen molar-refractivity contribution in [2.24, 2.45) is 0 Å². The summed E-state index contributed by atoms with van der Waals surface area (Å²) in [5.74, 6) is 0.471. The molecule has 0 saturated carbocycles. The SMILES string of the molecule is CN(CC[C@@H](Oc1cc(Br)ccc1C#N)c1ccccc1)C(=O)O.Cl. The molecule has 25 heavy (non-hydrogen) atoms. The second kappa shape index (κ2) is 9.92. The lowest BCUT2D eigenvalue weighted by atomic mass is 10.1. The molecule has 0 spiro atoms. The predicted octanol–water partition coefficient (Wildman–Crippen LogP) is 4.86. The number of hydrogen-bond donors (Lipinski definition) is 1. The van der Waals surface area contributed by atoms with Gasteiger partial charge in [-0.15, -0.1) is 12.4 Å². The number of benzene rings is 2. The Bertz CT molecular complexity index is 750. The number of amides is 1. The normalized spacial score (nSPS) is 10.9. The first-order valence-electron chi connectivity index (χ1n) is 7.36. The number of ether oxygens (including phenoxy) is 1. The maximum atomic E-state index is 11.0. The van der Waals surface area contributed by atoms with E-state index in [2.05, 4.69) is 22.0 Å². The molecule has 2 aromatic rings. The third kappa shape index (κ3) is 5.96. The van der Waals surface area contributed by atoms with Crippen LogP contribution in [0, 0.1) is 11.3 Å². The second-order valence-corrected chi connectivity index (χ2v) is 6.18. The van der Waals surface area contributed by atoms with Gasteiger partial charge in [0.25, 0.3) is 0 Å². The third-order valence-electron chi connectivity index (χ3n) is 3.56. The largest absolute Gasteiger partial charge is 0.484 e. The van der Waals surface area contributed by atoms with Crippen LogP contribution >= 0.6 is 28.3 Å². The lowest BCUT2D eigenvalue weighted by molar-refractivity contribution is 0.140. The number of carboxylic acid groups (broad SMARTS) is 1. The van der Waals surface area contributed by atoms with Gasteiger partial charge in [-0.2, -0.15) is 5.26 Å². The van der Waals surface area contributed by atoms with E-state index in [1.165, 1.54) is 11.9 Å². The van der Waals surface area contributed by atoms with Crippen LogP contribution in [-0.4, -0.2) is 29.7 Å². The molecule has 0 saturated heterocycles. The second-order valence-electron chi connectivity index (χ2n) is 5.26. The molecular weight excluding hydrogens is 408 g/mol. The third-order valence-corrected chi connectivity index (χ3v) is 4.05. The summed E-state index contributed by atoms with van der Waals surface area (Å²) in [5.41, 5.74) is 1.37. The van der Waals surface area contributed by atoms with Crippen LogP contribution in [0.1, 0.15) is 23.7 Å². The van der Waals surface area contributed by atoms with E-state index in [0.29, 0.717) is 24.3 Å². The van der Waals surface area contributed by atoms with Crippen molar-refractivity contribution in [3.8, 4) is 11.8 Å². The van der Waals surface area contributed by atoms with Crippen molar-refractivity contribution in [1.29, 1.82) is 5.26 Å². The van der Waals surface area contributed by atoms with Crippen LogP contribution in [0.15, 0.2) is 53.0 Å². The molecular formula is C18H18BrClN2O3. The van der Waals surface area contributed by atoms with Crippen molar-refractivity contribution in [2.45, 2.75) is 12.5 Å². The fourth-order valence-corrected chi connectivity index (χ4v) is 2.55. The Labute approximate surface area is 161 Å². The summed E-state index contributed by atoms with van der Waals surface area (Å²) >= 11 is 3.38. The number of nitrogens with zero attached hydrogens (tertiary/aromatic N) is 2. The molecule has 1 atom stereocenters. The van der Waals surface area contributed by atoms with Crippen molar-refractivity contribution in [3.05, 3.63) is 64.1 Å². The molecule has 0 bridgehead atoms. The molecule has 132 valence electrons. The highest BCUT2D eigenvalue weighted by molar-refractivity contribution is 9.10. The van der Waals surface area contributed by atoms with Gasteiger partial charge in [0.05, 0.1) is 5.56 Å². The fraction of sp³-hybridized carbons (Fsp3) is 0.222. The maximum absolute atomic E-state index is 11.0. The summed E-state index contributed by atoms with van der Waals surface area (Å²) in [6, 6.07) is 16.9. The molecule has 1 N–H and O–H groups in total. The quantitative estimate of drug-likeness (QED) is 0.717. The highest BCUT2D eigenvalue weighted by Crippen LogP contribution is 2.30. The lowest BCUT2D eigenvalue weighted by Gasteiger charge is -2.22. The molecule has 0 heterocycles. The average Bonchev–Trinajstić information content (AvgIpc) is 2.59. The molecule has 0 aliphatic rings. The van der Waals surface area contributed by atoms with Gasteiger partial charge < -0.3 is 14.7 Å². The monoisotopic (exact) mass is 424 g/mol. The van der Waals surface area contributed by atoms with Gasteiger partial charge in [-0.3, -0.25) is 0 Å². The maximum Gasteiger partial charge on any atom is 0.407 e. The van der Waals surface area contributed by atoms with E-state index >= 15 is 0 Å². The zero-order valence-electron chi connectivity index (χ0n) is 13.6. The van der Waals surface area contributed by atoms with Gasteiger partial charge in [0.15, 0.2) is 0 Å². The van der Waals surface area contributed by atoms with Crippen LogP contribution in [0.5, 0.6) is 5.75 Å². The Hall–Kier alpha value is -2.23. The first-order chi connectivity index (χ1) is 11.5. The number of carbonyl (C=O) groups is 1. The zero-order chi connectivity index (χ0) is 17.5. The van der Waals surface area contributed by atoms with Gasteiger partial charge in [0, 0.05) is 24.5 Å². The summed E-state index contributed by atoms with van der Waals surface area (Å²) in [6.45, 7) is 0.324. The minimum atomic E-state index is -0.984. The first kappa shape index (κ1) is 20.8. The molecule has 7 heteroatoms. The summed E-state index contributed by atoms with van der Waals surface area (Å²) in [7, 11) is 1.52. The predicted molar refractivity (Wildman–Crippen MR) is 101 cm³/mol. The smallest absolute Gasteiger partial charge is 0.407 e. The van der Waals surface area contributed by atoms with E-state index in [1.54, 1.807) is 18.2 Å². The Morgan fingerprint density at radius 3 is 2.60 bits per heavy atom. The lowest BCUT2D eigenvalue weighted by Crippen LogP contribution is -2.27. The number of rotatable bonds is 6. The van der Waals surface area contributed by atoms with Gasteiger partial charge in [0.2, 0.25) is 0 Å². The highest BCUT2D eigenvalue weighted by atomic mass is 79.9. The Balaban J connectivity index is 0.00000312. The molecule has 2 aromatic carbocycles. The standard InChI is InChI=1S/C18H17BrN2O3.ClH/c1-21(18(22)23)10-9-16(13-5-3-2-4-6-13)24-17-11-15(19)8-7-14(17)12-20;/h2-8,11,16H,9-10H2,1H3,(H,22,23);1H/t16-;/m1./s1. The minimum Gasteiger partial charge on any atom is -0.484 e. The van der Waals surface area contributed by atoms with Gasteiger partial charge in [-0.05, 0) is 23.8 Å². The first-order valence-corrected chi connectivity index (χ1v) is 8.16. The number of halogens is 2. The summed E-state index contributed by atoms with van der Waals surface area (Å²) in [5, 5.41) is 18.3. The Kier molecular flexibility index (Phi) is 8.26. The van der Waals surface area contributed by atoms with Crippen LogP contribution in [0.3, 0.4) is 0 Å². The molecule has 1 amide bonds. The van der Waals surface area contributed by atoms with E-state index < -0.39 is 6.09 Å². The number of hydrogen-bond acceptors (Lipinski definition) is 3. The van der Waals surface area contributed by atoms with Crippen LogP contribution in [0.25, 0.3) is 0 Å².